The Kier molecular flexibility index (Phi) is 7.00. The van der Waals surface area contributed by atoms with Crippen LogP contribution in [-0.4, -0.2) is 29.6 Å². The molecule has 1 aliphatic rings. The molecule has 5 heteroatoms. The summed E-state index contributed by atoms with van der Waals surface area (Å²) in [7, 11) is 0. The average Bonchev–Trinajstić information content (AvgIpc) is 2.74. The van der Waals surface area contributed by atoms with Gasteiger partial charge in [0.15, 0.2) is 0 Å². The van der Waals surface area contributed by atoms with Crippen molar-refractivity contribution in [1.82, 2.24) is 5.32 Å². The monoisotopic (exact) mass is 269 g/mol. The first-order valence-corrected chi connectivity index (χ1v) is 7.00. The third-order valence-corrected chi connectivity index (χ3v) is 3.09. The summed E-state index contributed by atoms with van der Waals surface area (Å²) >= 11 is 0. The Balaban J connectivity index is 2.21. The zero-order valence-electron chi connectivity index (χ0n) is 11.5. The van der Waals surface area contributed by atoms with Gasteiger partial charge in [-0.2, -0.15) is 0 Å². The molecule has 1 fully saturated rings. The maximum Gasteiger partial charge on any atom is 0.328 e. The molecule has 2 N–H and O–H groups in total. The second kappa shape index (κ2) is 8.56. The fourth-order valence-corrected chi connectivity index (χ4v) is 1.97. The summed E-state index contributed by atoms with van der Waals surface area (Å²) in [6.07, 6.45) is 7.64. The number of carbonyl (C=O) groups excluding carboxylic acids is 2. The first-order chi connectivity index (χ1) is 9.13. The molecule has 108 valence electrons. The molecule has 0 spiro atoms. The van der Waals surface area contributed by atoms with Gasteiger partial charge in [0.1, 0.15) is 6.04 Å². The Morgan fingerprint density at radius 1 is 1.42 bits per heavy atom. The number of rotatable bonds is 8. The van der Waals surface area contributed by atoms with E-state index in [2.05, 4.69) is 12.2 Å². The van der Waals surface area contributed by atoms with Crippen molar-refractivity contribution in [3.05, 3.63) is 11.8 Å². The Morgan fingerprint density at radius 3 is 2.79 bits per heavy atom. The molecular formula is C14H23NO4. The number of cyclic esters (lactones) is 1. The third kappa shape index (κ3) is 6.27. The van der Waals surface area contributed by atoms with E-state index >= 15 is 0 Å². The molecule has 1 aliphatic heterocycles. The van der Waals surface area contributed by atoms with E-state index in [1.54, 1.807) is 0 Å². The molecule has 1 heterocycles. The Labute approximate surface area is 114 Å². The number of amides is 1. The van der Waals surface area contributed by atoms with E-state index in [9.17, 15) is 14.7 Å². The van der Waals surface area contributed by atoms with Crippen LogP contribution in [0.5, 0.6) is 0 Å². The molecule has 1 atom stereocenters. The second-order valence-corrected chi connectivity index (χ2v) is 4.82. The summed E-state index contributed by atoms with van der Waals surface area (Å²) < 4.78 is 4.74. The number of esters is 1. The average molecular weight is 269 g/mol. The molecule has 0 saturated carbocycles. The summed E-state index contributed by atoms with van der Waals surface area (Å²) in [5.41, 5.74) is 0. The highest BCUT2D eigenvalue weighted by Crippen LogP contribution is 2.09. The lowest BCUT2D eigenvalue weighted by Gasteiger charge is -2.06. The molecule has 1 unspecified atom stereocenters. The van der Waals surface area contributed by atoms with Gasteiger partial charge in [0.25, 0.3) is 0 Å². The number of ether oxygens (including phenoxy) is 1. The largest absolute Gasteiger partial charge is 0.512 e. The minimum Gasteiger partial charge on any atom is -0.512 e. The van der Waals surface area contributed by atoms with E-state index in [1.165, 1.54) is 12.8 Å². The van der Waals surface area contributed by atoms with Gasteiger partial charge in [-0.05, 0) is 6.42 Å². The molecule has 5 nitrogen and oxygen atoms in total. The molecule has 0 aliphatic carbocycles. The van der Waals surface area contributed by atoms with Gasteiger partial charge in [-0.15, -0.1) is 0 Å². The summed E-state index contributed by atoms with van der Waals surface area (Å²) in [5.74, 6) is -0.768. The van der Waals surface area contributed by atoms with Gasteiger partial charge in [-0.3, -0.25) is 4.79 Å². The summed E-state index contributed by atoms with van der Waals surface area (Å²) in [5, 5.41) is 12.1. The Morgan fingerprint density at radius 2 is 2.16 bits per heavy atom. The smallest absolute Gasteiger partial charge is 0.328 e. The van der Waals surface area contributed by atoms with Gasteiger partial charge in [0, 0.05) is 18.9 Å². The van der Waals surface area contributed by atoms with Crippen molar-refractivity contribution in [2.75, 3.05) is 6.61 Å². The first kappa shape index (κ1) is 15.5. The fourth-order valence-electron chi connectivity index (χ4n) is 1.97. The summed E-state index contributed by atoms with van der Waals surface area (Å²) in [6, 6.07) is -0.568. The van der Waals surface area contributed by atoms with Crippen molar-refractivity contribution in [1.29, 1.82) is 0 Å². The van der Waals surface area contributed by atoms with E-state index in [1.807, 2.05) is 0 Å². The van der Waals surface area contributed by atoms with Crippen LogP contribution in [0.2, 0.25) is 0 Å². The lowest BCUT2D eigenvalue weighted by atomic mass is 10.1. The van der Waals surface area contributed by atoms with Gasteiger partial charge in [-0.25, -0.2) is 4.79 Å². The number of aliphatic hydroxyl groups excluding tert-OH is 1. The van der Waals surface area contributed by atoms with Gasteiger partial charge < -0.3 is 15.2 Å². The zero-order chi connectivity index (χ0) is 14.1. The SMILES string of the molecule is CCCCCCC/C(O)=C/C(=O)NC1CCOC1=O. The minimum atomic E-state index is -0.568. The van der Waals surface area contributed by atoms with Crippen LogP contribution in [0.3, 0.4) is 0 Å². The van der Waals surface area contributed by atoms with Crippen LogP contribution >= 0.6 is 0 Å². The summed E-state index contributed by atoms with van der Waals surface area (Å²) in [6.45, 7) is 2.49. The molecular weight excluding hydrogens is 246 g/mol. The van der Waals surface area contributed by atoms with E-state index in [0.29, 0.717) is 19.4 Å². The van der Waals surface area contributed by atoms with Crippen LogP contribution in [0.25, 0.3) is 0 Å². The van der Waals surface area contributed by atoms with Crippen LogP contribution < -0.4 is 5.32 Å². The lowest BCUT2D eigenvalue weighted by Crippen LogP contribution is -2.37. The van der Waals surface area contributed by atoms with E-state index in [4.69, 9.17) is 4.74 Å². The number of hydrogen-bond donors (Lipinski definition) is 2. The number of nitrogens with one attached hydrogen (secondary N) is 1. The second-order valence-electron chi connectivity index (χ2n) is 4.82. The molecule has 0 radical (unpaired) electrons. The third-order valence-electron chi connectivity index (χ3n) is 3.09. The van der Waals surface area contributed by atoms with Crippen molar-refractivity contribution in [3.8, 4) is 0 Å². The van der Waals surface area contributed by atoms with E-state index in [-0.39, 0.29) is 5.76 Å². The van der Waals surface area contributed by atoms with Crippen molar-refractivity contribution in [2.24, 2.45) is 0 Å². The molecule has 0 aromatic heterocycles. The first-order valence-electron chi connectivity index (χ1n) is 7.00. The fraction of sp³-hybridized carbons (Fsp3) is 0.714. The molecule has 1 saturated heterocycles. The topological polar surface area (TPSA) is 75.6 Å². The molecule has 1 amide bonds. The van der Waals surface area contributed by atoms with Crippen LogP contribution in [-0.2, 0) is 14.3 Å². The minimum absolute atomic E-state index is 0.0698. The molecule has 0 aromatic carbocycles. The standard InChI is InChI=1S/C14H23NO4/c1-2-3-4-5-6-7-11(16)10-13(17)15-12-8-9-19-14(12)18/h10,12,16H,2-9H2,1H3,(H,15,17)/b11-10-. The van der Waals surface area contributed by atoms with Gasteiger partial charge in [0.05, 0.1) is 12.4 Å². The summed E-state index contributed by atoms with van der Waals surface area (Å²) in [4.78, 5) is 22.7. The van der Waals surface area contributed by atoms with Crippen LogP contribution in [0.1, 0.15) is 51.9 Å². The quantitative estimate of drug-likeness (QED) is 0.306. The van der Waals surface area contributed by atoms with Crippen molar-refractivity contribution in [3.63, 3.8) is 0 Å². The number of aliphatic hydroxyl groups is 1. The van der Waals surface area contributed by atoms with Gasteiger partial charge in [-0.1, -0.05) is 32.6 Å². The van der Waals surface area contributed by atoms with Crippen LogP contribution in [0.15, 0.2) is 11.8 Å². The number of allylic oxidation sites excluding steroid dienone is 1. The van der Waals surface area contributed by atoms with Crippen molar-refractivity contribution >= 4 is 11.9 Å². The number of hydrogen-bond acceptors (Lipinski definition) is 4. The normalized spacial score (nSPS) is 19.3. The maximum atomic E-state index is 11.5. The maximum absolute atomic E-state index is 11.5. The van der Waals surface area contributed by atoms with Crippen LogP contribution in [0.4, 0.5) is 0 Å². The highest BCUT2D eigenvalue weighted by atomic mass is 16.5. The highest BCUT2D eigenvalue weighted by Gasteiger charge is 2.27. The van der Waals surface area contributed by atoms with Gasteiger partial charge in [0.2, 0.25) is 5.91 Å². The van der Waals surface area contributed by atoms with Crippen molar-refractivity contribution in [2.45, 2.75) is 57.9 Å². The zero-order valence-corrected chi connectivity index (χ0v) is 11.5. The molecule has 0 bridgehead atoms. The van der Waals surface area contributed by atoms with E-state index in [0.717, 1.165) is 25.3 Å². The van der Waals surface area contributed by atoms with Crippen LogP contribution in [0, 0.1) is 0 Å². The number of carbonyl (C=O) groups is 2. The van der Waals surface area contributed by atoms with E-state index < -0.39 is 17.9 Å². The molecule has 0 aromatic rings. The Bertz CT molecular complexity index is 338. The molecule has 19 heavy (non-hydrogen) atoms. The predicted octanol–water partition coefficient (Wildman–Crippen LogP) is 2.22. The number of unbranched alkanes of at least 4 members (excludes halogenated alkanes) is 4. The molecule has 1 rings (SSSR count). The van der Waals surface area contributed by atoms with Gasteiger partial charge >= 0.3 is 5.97 Å². The highest BCUT2D eigenvalue weighted by molar-refractivity contribution is 5.92. The predicted molar refractivity (Wildman–Crippen MR) is 71.6 cm³/mol. The van der Waals surface area contributed by atoms with Crippen molar-refractivity contribution < 1.29 is 19.4 Å². The Hall–Kier alpha value is -1.52. The lowest BCUT2D eigenvalue weighted by molar-refractivity contribution is -0.140.